The van der Waals surface area contributed by atoms with Gasteiger partial charge in [0.15, 0.2) is 0 Å². The van der Waals surface area contributed by atoms with Crippen LogP contribution in [0.1, 0.15) is 24.5 Å². The summed E-state index contributed by atoms with van der Waals surface area (Å²) in [6, 6.07) is 18.4. The van der Waals surface area contributed by atoms with Crippen molar-refractivity contribution in [3.8, 4) is 17.6 Å². The van der Waals surface area contributed by atoms with Crippen LogP contribution < -0.4 is 15.4 Å². The number of amides is 1. The number of benzene rings is 2. The lowest BCUT2D eigenvalue weighted by atomic mass is 10.0. The number of carboxylic acids is 1. The average Bonchev–Trinajstić information content (AvgIpc) is 2.85. The van der Waals surface area contributed by atoms with Gasteiger partial charge < -0.3 is 25.6 Å². The van der Waals surface area contributed by atoms with E-state index in [1.54, 1.807) is 0 Å². The van der Waals surface area contributed by atoms with E-state index < -0.39 is 18.1 Å². The van der Waals surface area contributed by atoms with Crippen molar-refractivity contribution in [2.24, 2.45) is 0 Å². The van der Waals surface area contributed by atoms with E-state index in [-0.39, 0.29) is 12.5 Å². The van der Waals surface area contributed by atoms with Gasteiger partial charge in [-0.3, -0.25) is 9.69 Å². The van der Waals surface area contributed by atoms with E-state index in [9.17, 15) is 14.7 Å². The van der Waals surface area contributed by atoms with Crippen molar-refractivity contribution in [1.82, 2.24) is 15.5 Å². The van der Waals surface area contributed by atoms with Gasteiger partial charge in [0.2, 0.25) is 12.1 Å². The van der Waals surface area contributed by atoms with E-state index >= 15 is 0 Å². The number of rotatable bonds is 15. The summed E-state index contributed by atoms with van der Waals surface area (Å²) in [7, 11) is 2.01. The highest BCUT2D eigenvalue weighted by molar-refractivity contribution is 5.82. The fraction of sp³-hybridized carbons (Fsp3) is 0.407. The molecule has 1 unspecified atom stereocenters. The third-order valence-corrected chi connectivity index (χ3v) is 5.47. The Kier molecular flexibility index (Phi) is 12.3. The van der Waals surface area contributed by atoms with E-state index in [0.29, 0.717) is 26.2 Å². The van der Waals surface area contributed by atoms with Gasteiger partial charge in [-0.05, 0) is 43.7 Å². The summed E-state index contributed by atoms with van der Waals surface area (Å²) in [5, 5.41) is 23.1. The number of carbonyl (C=O) groups is 2. The zero-order chi connectivity index (χ0) is 25.5. The molecule has 4 N–H and O–H groups in total. The highest BCUT2D eigenvalue weighted by atomic mass is 16.5. The first kappa shape index (κ1) is 27.9. The summed E-state index contributed by atoms with van der Waals surface area (Å²) in [5.41, 5.74) is 2.40. The van der Waals surface area contributed by atoms with Gasteiger partial charge >= 0.3 is 5.97 Å². The van der Waals surface area contributed by atoms with Gasteiger partial charge in [0.25, 0.3) is 0 Å². The van der Waals surface area contributed by atoms with Crippen LogP contribution in [0.25, 0.3) is 0 Å². The lowest BCUT2D eigenvalue weighted by molar-refractivity contribution is -0.151. The van der Waals surface area contributed by atoms with Crippen LogP contribution in [0.5, 0.6) is 5.75 Å². The molecule has 8 heteroatoms. The number of aliphatic hydroxyl groups excluding tert-OH is 1. The Morgan fingerprint density at radius 3 is 2.46 bits per heavy atom. The van der Waals surface area contributed by atoms with Gasteiger partial charge in [-0.25, -0.2) is 4.79 Å². The number of ether oxygens (including phenoxy) is 1. The zero-order valence-electron chi connectivity index (χ0n) is 20.4. The highest BCUT2D eigenvalue weighted by Gasteiger charge is 2.17. The van der Waals surface area contributed by atoms with Crippen LogP contribution >= 0.6 is 0 Å². The summed E-state index contributed by atoms with van der Waals surface area (Å²) in [4.78, 5) is 24.5. The Balaban J connectivity index is 1.84. The molecule has 0 fully saturated rings. The largest absolute Gasteiger partial charge is 0.493 e. The second-order valence-corrected chi connectivity index (χ2v) is 8.19. The van der Waals surface area contributed by atoms with Crippen molar-refractivity contribution in [3.05, 3.63) is 65.7 Å². The lowest BCUT2D eigenvalue weighted by Crippen LogP contribution is -2.44. The van der Waals surface area contributed by atoms with Crippen LogP contribution in [-0.4, -0.2) is 72.5 Å². The molecule has 0 aliphatic carbocycles. The maximum atomic E-state index is 11.7. The number of nitrogens with zero attached hydrogens (tertiary/aromatic N) is 1. The molecule has 0 bridgehead atoms. The number of hydrogen-bond acceptors (Lipinski definition) is 6. The highest BCUT2D eigenvalue weighted by Crippen LogP contribution is 2.15. The van der Waals surface area contributed by atoms with Crippen molar-refractivity contribution in [1.29, 1.82) is 0 Å². The van der Waals surface area contributed by atoms with E-state index in [4.69, 9.17) is 9.84 Å². The first-order valence-corrected chi connectivity index (χ1v) is 11.7. The Bertz CT molecular complexity index is 970. The molecule has 2 atom stereocenters. The minimum atomic E-state index is -1.89. The van der Waals surface area contributed by atoms with Crippen molar-refractivity contribution < 1.29 is 24.5 Å². The number of aliphatic carboxylic acids is 1. The van der Waals surface area contributed by atoms with Crippen molar-refractivity contribution >= 4 is 11.9 Å². The molecule has 2 rings (SSSR count). The number of likely N-dealkylation sites (N-methyl/N-ethyl adjacent to an activating group) is 1. The Labute approximate surface area is 207 Å². The first-order valence-electron chi connectivity index (χ1n) is 11.7. The number of carbonyl (C=O) groups excluding carboxylic acids is 1. The molecule has 0 aliphatic heterocycles. The SMILES string of the molecule is CC#CCN(C)[C@H](CNCCC(=O)NC(O)C(=O)O)Cc1ccc(OCCc2ccccc2)cc1. The summed E-state index contributed by atoms with van der Waals surface area (Å²) in [6.07, 6.45) is -0.195. The van der Waals surface area contributed by atoms with Crippen molar-refractivity contribution in [3.63, 3.8) is 0 Å². The first-order chi connectivity index (χ1) is 16.9. The molecule has 0 aromatic heterocycles. The van der Waals surface area contributed by atoms with Crippen LogP contribution in [0, 0.1) is 11.8 Å². The van der Waals surface area contributed by atoms with E-state index in [2.05, 4.69) is 46.3 Å². The lowest BCUT2D eigenvalue weighted by Gasteiger charge is -2.27. The number of hydrogen-bond donors (Lipinski definition) is 4. The molecule has 0 radical (unpaired) electrons. The molecule has 0 aliphatic rings. The zero-order valence-corrected chi connectivity index (χ0v) is 20.4. The molecular weight excluding hydrogens is 446 g/mol. The molecule has 0 heterocycles. The smallest absolute Gasteiger partial charge is 0.353 e. The molecule has 2 aromatic carbocycles. The predicted octanol–water partition coefficient (Wildman–Crippen LogP) is 1.67. The van der Waals surface area contributed by atoms with Crippen LogP contribution in [0.3, 0.4) is 0 Å². The summed E-state index contributed by atoms with van der Waals surface area (Å²) >= 11 is 0. The molecule has 0 spiro atoms. The molecule has 0 saturated heterocycles. The van der Waals surface area contributed by atoms with Crippen molar-refractivity contribution in [2.45, 2.75) is 38.5 Å². The van der Waals surface area contributed by atoms with Crippen LogP contribution in [-0.2, 0) is 22.4 Å². The molecule has 2 aromatic rings. The molecule has 35 heavy (non-hydrogen) atoms. The van der Waals surface area contributed by atoms with Gasteiger partial charge in [0.05, 0.1) is 13.2 Å². The minimum Gasteiger partial charge on any atom is -0.493 e. The van der Waals surface area contributed by atoms with E-state index in [1.165, 1.54) is 5.56 Å². The summed E-state index contributed by atoms with van der Waals surface area (Å²) in [5.74, 6) is 4.81. The molecular formula is C27H35N3O5. The molecule has 0 saturated carbocycles. The summed E-state index contributed by atoms with van der Waals surface area (Å²) < 4.78 is 5.88. The fourth-order valence-electron chi connectivity index (χ4n) is 3.40. The molecule has 8 nitrogen and oxygen atoms in total. The van der Waals surface area contributed by atoms with Crippen LogP contribution in [0.4, 0.5) is 0 Å². The van der Waals surface area contributed by atoms with Gasteiger partial charge in [-0.1, -0.05) is 48.4 Å². The van der Waals surface area contributed by atoms with Gasteiger partial charge in [0, 0.05) is 32.0 Å². The average molecular weight is 482 g/mol. The standard InChI is InChI=1S/C27H35N3O5/c1-3-4-17-30(2)23(20-28-16-14-25(31)29-26(32)27(33)34)19-22-10-12-24(13-11-22)35-18-15-21-8-6-5-7-9-21/h5-13,23,26,28,32H,14-20H2,1-2H3,(H,29,31)(H,33,34)/t23-,26?/m0/s1. The maximum absolute atomic E-state index is 11.7. The number of aliphatic hydroxyl groups is 1. The predicted molar refractivity (Wildman–Crippen MR) is 135 cm³/mol. The van der Waals surface area contributed by atoms with Crippen LogP contribution in [0.15, 0.2) is 54.6 Å². The van der Waals surface area contributed by atoms with Crippen molar-refractivity contribution in [2.75, 3.05) is 33.3 Å². The second-order valence-electron chi connectivity index (χ2n) is 8.19. The number of nitrogens with one attached hydrogen (secondary N) is 2. The Morgan fingerprint density at radius 2 is 1.80 bits per heavy atom. The maximum Gasteiger partial charge on any atom is 0.353 e. The second kappa shape index (κ2) is 15.5. The topological polar surface area (TPSA) is 111 Å². The van der Waals surface area contributed by atoms with Gasteiger partial charge in [-0.2, -0.15) is 0 Å². The van der Waals surface area contributed by atoms with Gasteiger partial charge in [-0.15, -0.1) is 5.92 Å². The van der Waals surface area contributed by atoms with Gasteiger partial charge in [0.1, 0.15) is 5.75 Å². The van der Waals surface area contributed by atoms with E-state index in [1.807, 2.05) is 49.6 Å². The Morgan fingerprint density at radius 1 is 1.09 bits per heavy atom. The minimum absolute atomic E-state index is 0.0601. The molecule has 1 amide bonds. The third-order valence-electron chi connectivity index (χ3n) is 5.47. The normalized spacial score (nSPS) is 12.3. The quantitative estimate of drug-likeness (QED) is 0.174. The monoisotopic (exact) mass is 481 g/mol. The third kappa shape index (κ3) is 11.1. The van der Waals surface area contributed by atoms with E-state index in [0.717, 1.165) is 24.2 Å². The molecule has 188 valence electrons. The number of carboxylic acid groups (broad SMARTS) is 1. The van der Waals surface area contributed by atoms with Crippen LogP contribution in [0.2, 0.25) is 0 Å². The fourth-order valence-corrected chi connectivity index (χ4v) is 3.40. The Hall–Kier alpha value is -3.38. The summed E-state index contributed by atoms with van der Waals surface area (Å²) in [6.45, 7) is 4.02.